The van der Waals surface area contributed by atoms with Gasteiger partial charge in [-0.2, -0.15) is 0 Å². The van der Waals surface area contributed by atoms with Crippen LogP contribution in [0.25, 0.3) is 10.2 Å². The van der Waals surface area contributed by atoms with Gasteiger partial charge in [-0.3, -0.25) is 24.3 Å². The maximum Gasteiger partial charge on any atom is 0.271 e. The molecule has 0 unspecified atom stereocenters. The van der Waals surface area contributed by atoms with Gasteiger partial charge in [-0.15, -0.1) is 11.3 Å². The fraction of sp³-hybridized carbons (Fsp3) is 0.235. The van der Waals surface area contributed by atoms with Crippen LogP contribution in [0, 0.1) is 17.0 Å². The van der Waals surface area contributed by atoms with Crippen LogP contribution in [0.4, 0.5) is 11.4 Å². The molecular formula is C17H16N4O4S. The van der Waals surface area contributed by atoms with Gasteiger partial charge < -0.3 is 5.32 Å². The Bertz CT molecular complexity index is 1070. The maximum absolute atomic E-state index is 12.7. The number of aromatic nitrogens is 2. The lowest BCUT2D eigenvalue weighted by molar-refractivity contribution is -0.384. The van der Waals surface area contributed by atoms with Crippen LogP contribution in [-0.2, 0) is 17.8 Å². The number of nitrogens with zero attached hydrogens (tertiary/aromatic N) is 3. The van der Waals surface area contributed by atoms with Gasteiger partial charge in [0.1, 0.15) is 17.2 Å². The van der Waals surface area contributed by atoms with Crippen molar-refractivity contribution >= 4 is 38.8 Å². The van der Waals surface area contributed by atoms with Crippen LogP contribution < -0.4 is 10.9 Å². The molecule has 0 aliphatic rings. The Kier molecular flexibility index (Phi) is 4.81. The molecule has 0 aliphatic heterocycles. The molecule has 26 heavy (non-hydrogen) atoms. The van der Waals surface area contributed by atoms with Crippen molar-refractivity contribution in [3.05, 3.63) is 61.5 Å². The van der Waals surface area contributed by atoms with E-state index < -0.39 is 10.8 Å². The first-order chi connectivity index (χ1) is 12.4. The number of hydrogen-bond acceptors (Lipinski definition) is 6. The largest absolute Gasteiger partial charge is 0.324 e. The average molecular weight is 372 g/mol. The molecule has 2 heterocycles. The third-order valence-corrected chi connectivity index (χ3v) is 5.06. The molecule has 1 aromatic carbocycles. The minimum Gasteiger partial charge on any atom is -0.324 e. The summed E-state index contributed by atoms with van der Waals surface area (Å²) in [4.78, 5) is 41.4. The second kappa shape index (κ2) is 7.04. The topological polar surface area (TPSA) is 107 Å². The van der Waals surface area contributed by atoms with Gasteiger partial charge in [0.05, 0.1) is 10.3 Å². The predicted octanol–water partition coefficient (Wildman–Crippen LogP) is 2.88. The van der Waals surface area contributed by atoms with E-state index >= 15 is 0 Å². The zero-order chi connectivity index (χ0) is 18.8. The Morgan fingerprint density at radius 1 is 1.38 bits per heavy atom. The number of thiophene rings is 1. The fourth-order valence-electron chi connectivity index (χ4n) is 2.57. The smallest absolute Gasteiger partial charge is 0.271 e. The summed E-state index contributed by atoms with van der Waals surface area (Å²) >= 11 is 1.47. The summed E-state index contributed by atoms with van der Waals surface area (Å²) in [6.45, 7) is 3.46. The summed E-state index contributed by atoms with van der Waals surface area (Å²) in [7, 11) is 0. The molecule has 0 aliphatic carbocycles. The Morgan fingerprint density at radius 2 is 2.15 bits per heavy atom. The number of carbonyl (C=O) groups is 1. The fourth-order valence-corrected chi connectivity index (χ4v) is 3.57. The predicted molar refractivity (Wildman–Crippen MR) is 99.7 cm³/mol. The van der Waals surface area contributed by atoms with Crippen LogP contribution in [0.2, 0.25) is 0 Å². The number of rotatable bonds is 5. The number of hydrogen-bond donors (Lipinski definition) is 1. The SMILES string of the molecule is CCc1cc2c(=O)n(CC(=O)Nc3cccc([N+](=O)[O-])c3)c(C)nc2s1. The van der Waals surface area contributed by atoms with Gasteiger partial charge in [-0.1, -0.05) is 13.0 Å². The molecule has 0 saturated carbocycles. The summed E-state index contributed by atoms with van der Waals surface area (Å²) in [5.74, 6) is -0.0102. The zero-order valence-electron chi connectivity index (χ0n) is 14.2. The molecule has 3 rings (SSSR count). The molecule has 1 N–H and O–H groups in total. The van der Waals surface area contributed by atoms with Crippen molar-refractivity contribution in [1.82, 2.24) is 9.55 Å². The molecule has 0 atom stereocenters. The molecule has 3 aromatic rings. The average Bonchev–Trinajstić information content (AvgIpc) is 3.02. The second-order valence-electron chi connectivity index (χ2n) is 5.69. The molecule has 134 valence electrons. The van der Waals surface area contributed by atoms with Gasteiger partial charge in [-0.05, 0) is 25.5 Å². The molecule has 0 bridgehead atoms. The van der Waals surface area contributed by atoms with E-state index in [4.69, 9.17) is 0 Å². The van der Waals surface area contributed by atoms with E-state index in [1.165, 1.54) is 34.1 Å². The molecular weight excluding hydrogens is 356 g/mol. The summed E-state index contributed by atoms with van der Waals surface area (Å²) < 4.78 is 1.31. The van der Waals surface area contributed by atoms with E-state index in [9.17, 15) is 19.7 Å². The van der Waals surface area contributed by atoms with Crippen LogP contribution in [0.15, 0.2) is 35.1 Å². The first-order valence-corrected chi connectivity index (χ1v) is 8.75. The van der Waals surface area contributed by atoms with Crippen LogP contribution in [0.5, 0.6) is 0 Å². The van der Waals surface area contributed by atoms with Crippen LogP contribution in [-0.4, -0.2) is 20.4 Å². The number of benzene rings is 1. The first-order valence-electron chi connectivity index (χ1n) is 7.93. The highest BCUT2D eigenvalue weighted by Crippen LogP contribution is 2.22. The molecule has 8 nitrogen and oxygen atoms in total. The van der Waals surface area contributed by atoms with Crippen molar-refractivity contribution < 1.29 is 9.72 Å². The van der Waals surface area contributed by atoms with Gasteiger partial charge in [0.2, 0.25) is 5.91 Å². The number of nitro benzene ring substituents is 1. The molecule has 0 fully saturated rings. The number of amides is 1. The van der Waals surface area contributed by atoms with Gasteiger partial charge in [-0.25, -0.2) is 4.98 Å². The standard InChI is InChI=1S/C17H16N4O4S/c1-3-13-8-14-16(26-13)18-10(2)20(17(14)23)9-15(22)19-11-5-4-6-12(7-11)21(24)25/h4-8H,3,9H2,1-2H3,(H,19,22). The molecule has 1 amide bonds. The van der Waals surface area contributed by atoms with Gasteiger partial charge in [0.25, 0.3) is 11.2 Å². The van der Waals surface area contributed by atoms with Crippen molar-refractivity contribution in [2.75, 3.05) is 5.32 Å². The zero-order valence-corrected chi connectivity index (χ0v) is 15.0. The van der Waals surface area contributed by atoms with Crippen LogP contribution in [0.1, 0.15) is 17.6 Å². The molecule has 0 spiro atoms. The van der Waals surface area contributed by atoms with Crippen molar-refractivity contribution in [3.8, 4) is 0 Å². The Labute approximate surface area is 152 Å². The monoisotopic (exact) mass is 372 g/mol. The lowest BCUT2D eigenvalue weighted by Crippen LogP contribution is -2.29. The van der Waals surface area contributed by atoms with Gasteiger partial charge in [0, 0.05) is 22.7 Å². The van der Waals surface area contributed by atoms with Gasteiger partial charge >= 0.3 is 0 Å². The first kappa shape index (κ1) is 17.7. The minimum atomic E-state index is -0.538. The normalized spacial score (nSPS) is 10.8. The van der Waals surface area contributed by atoms with Crippen molar-refractivity contribution in [2.24, 2.45) is 0 Å². The third-order valence-electron chi connectivity index (χ3n) is 3.88. The number of aryl methyl sites for hydroxylation is 2. The van der Waals surface area contributed by atoms with E-state index in [1.54, 1.807) is 13.0 Å². The highest BCUT2D eigenvalue weighted by Gasteiger charge is 2.15. The van der Waals surface area contributed by atoms with Crippen molar-refractivity contribution in [3.63, 3.8) is 0 Å². The lowest BCUT2D eigenvalue weighted by atomic mass is 10.3. The lowest BCUT2D eigenvalue weighted by Gasteiger charge is -2.10. The van der Waals surface area contributed by atoms with Gasteiger partial charge in [0.15, 0.2) is 0 Å². The number of nitrogens with one attached hydrogen (secondary N) is 1. The quantitative estimate of drug-likeness (QED) is 0.547. The second-order valence-corrected chi connectivity index (χ2v) is 6.81. The number of anilines is 1. The van der Waals surface area contributed by atoms with Crippen LogP contribution in [0.3, 0.4) is 0 Å². The summed E-state index contributed by atoms with van der Waals surface area (Å²) in [5, 5.41) is 13.9. The highest BCUT2D eigenvalue weighted by atomic mass is 32.1. The summed E-state index contributed by atoms with van der Waals surface area (Å²) in [6, 6.07) is 7.44. The number of non-ortho nitro benzene ring substituents is 1. The summed E-state index contributed by atoms with van der Waals surface area (Å²) in [6.07, 6.45) is 0.812. The molecule has 0 saturated heterocycles. The Balaban J connectivity index is 1.86. The Hall–Kier alpha value is -3.07. The van der Waals surface area contributed by atoms with E-state index in [2.05, 4.69) is 10.3 Å². The maximum atomic E-state index is 12.7. The number of fused-ring (bicyclic) bond motifs is 1. The molecule has 9 heteroatoms. The van der Waals surface area contributed by atoms with Crippen molar-refractivity contribution in [2.45, 2.75) is 26.8 Å². The molecule has 0 radical (unpaired) electrons. The Morgan fingerprint density at radius 3 is 2.85 bits per heavy atom. The minimum absolute atomic E-state index is 0.121. The van der Waals surface area contributed by atoms with Crippen LogP contribution >= 0.6 is 11.3 Å². The number of nitro groups is 1. The highest BCUT2D eigenvalue weighted by molar-refractivity contribution is 7.18. The van der Waals surface area contributed by atoms with E-state index in [0.29, 0.717) is 21.7 Å². The third kappa shape index (κ3) is 3.47. The van der Waals surface area contributed by atoms with E-state index in [0.717, 1.165) is 11.3 Å². The number of carbonyl (C=O) groups excluding carboxylic acids is 1. The van der Waals surface area contributed by atoms with E-state index in [1.807, 2.05) is 13.0 Å². The van der Waals surface area contributed by atoms with E-state index in [-0.39, 0.29) is 17.8 Å². The summed E-state index contributed by atoms with van der Waals surface area (Å²) in [5.41, 5.74) is -0.0880. The molecule has 2 aromatic heterocycles. The van der Waals surface area contributed by atoms with Crippen molar-refractivity contribution in [1.29, 1.82) is 0 Å².